The van der Waals surface area contributed by atoms with E-state index < -0.39 is 17.1 Å². The van der Waals surface area contributed by atoms with Crippen LogP contribution in [0, 0.1) is 5.92 Å². The molecule has 0 spiro atoms. The number of hydrogen-bond acceptors (Lipinski definition) is 8. The van der Waals surface area contributed by atoms with E-state index in [-0.39, 0.29) is 29.2 Å². The van der Waals surface area contributed by atoms with Crippen LogP contribution in [0.25, 0.3) is 0 Å². The van der Waals surface area contributed by atoms with Gasteiger partial charge in [0.2, 0.25) is 11.8 Å². The molecule has 3 atom stereocenters. The Bertz CT molecular complexity index is 1480. The number of anilines is 1. The van der Waals surface area contributed by atoms with E-state index in [0.717, 1.165) is 54.1 Å². The zero-order valence-electron chi connectivity index (χ0n) is 21.3. The number of likely N-dealkylation sites (tertiary alicyclic amines) is 1. The van der Waals surface area contributed by atoms with Crippen LogP contribution < -0.4 is 19.2 Å². The summed E-state index contributed by atoms with van der Waals surface area (Å²) in [6.07, 6.45) is 3.15. The average molecular weight is 566 g/mol. The summed E-state index contributed by atoms with van der Waals surface area (Å²) in [5.41, 5.74) is 1.23. The standard InChI is InChI=1S/C28H27N3O6S2/c1-36-18-10-8-17(9-11-18)31-26(33)22-21(23-25(29-28(35)39-23)38-24(22)27(31)34)16-6-5-7-19(14-16)37-15-20(32)30-12-3-2-4-13-30/h5-11,14,21-22,24H,2-4,12-13,15H2,1H3,(H,29,35). The third kappa shape index (κ3) is 4.74. The van der Waals surface area contributed by atoms with Crippen molar-refractivity contribution in [2.45, 2.75) is 35.5 Å². The van der Waals surface area contributed by atoms with E-state index in [4.69, 9.17) is 9.47 Å². The van der Waals surface area contributed by atoms with Crippen LogP contribution in [0.4, 0.5) is 5.69 Å². The highest BCUT2D eigenvalue weighted by Gasteiger charge is 2.56. The number of ether oxygens (including phenoxy) is 2. The van der Waals surface area contributed by atoms with Crippen molar-refractivity contribution in [1.82, 2.24) is 9.88 Å². The zero-order chi connectivity index (χ0) is 27.1. The van der Waals surface area contributed by atoms with Crippen molar-refractivity contribution in [3.05, 3.63) is 68.6 Å². The Balaban J connectivity index is 1.31. The van der Waals surface area contributed by atoms with Crippen molar-refractivity contribution in [3.8, 4) is 11.5 Å². The molecule has 1 N–H and O–H groups in total. The van der Waals surface area contributed by atoms with Crippen LogP contribution in [-0.4, -0.2) is 59.7 Å². The third-order valence-corrected chi connectivity index (χ3v) is 9.84. The van der Waals surface area contributed by atoms with Crippen LogP contribution in [0.1, 0.15) is 35.6 Å². The highest BCUT2D eigenvalue weighted by Crippen LogP contribution is 2.53. The molecule has 0 bridgehead atoms. The molecular weight excluding hydrogens is 538 g/mol. The molecule has 3 aliphatic rings. The molecule has 4 heterocycles. The molecule has 9 nitrogen and oxygen atoms in total. The van der Waals surface area contributed by atoms with Crippen molar-refractivity contribution in [3.63, 3.8) is 0 Å². The highest BCUT2D eigenvalue weighted by molar-refractivity contribution is 8.00. The van der Waals surface area contributed by atoms with E-state index in [0.29, 0.717) is 22.2 Å². The Morgan fingerprint density at radius 3 is 2.51 bits per heavy atom. The third-order valence-electron chi connectivity index (χ3n) is 7.44. The summed E-state index contributed by atoms with van der Waals surface area (Å²) in [5, 5.41) is -0.0758. The number of rotatable bonds is 6. The quantitative estimate of drug-likeness (QED) is 0.455. The van der Waals surface area contributed by atoms with Crippen LogP contribution in [0.2, 0.25) is 0 Å². The van der Waals surface area contributed by atoms with Gasteiger partial charge in [-0.25, -0.2) is 4.90 Å². The lowest BCUT2D eigenvalue weighted by molar-refractivity contribution is -0.134. The lowest BCUT2D eigenvalue weighted by atomic mass is 9.83. The maximum Gasteiger partial charge on any atom is 0.305 e. The molecule has 3 amide bonds. The molecular formula is C28H27N3O6S2. The molecule has 6 rings (SSSR count). The number of aromatic nitrogens is 1. The fourth-order valence-electron chi connectivity index (χ4n) is 5.54. The number of hydrogen-bond donors (Lipinski definition) is 1. The second-order valence-corrected chi connectivity index (χ2v) is 11.9. The minimum Gasteiger partial charge on any atom is -0.497 e. The van der Waals surface area contributed by atoms with Gasteiger partial charge >= 0.3 is 4.87 Å². The number of nitrogens with one attached hydrogen (secondary N) is 1. The molecule has 0 saturated carbocycles. The maximum absolute atomic E-state index is 13.9. The zero-order valence-corrected chi connectivity index (χ0v) is 22.9. The molecule has 39 heavy (non-hydrogen) atoms. The molecule has 11 heteroatoms. The summed E-state index contributed by atoms with van der Waals surface area (Å²) in [6.45, 7) is 1.43. The number of amides is 3. The van der Waals surface area contributed by atoms with Gasteiger partial charge in [0.05, 0.1) is 23.7 Å². The van der Waals surface area contributed by atoms with E-state index in [1.165, 1.54) is 16.7 Å². The fraction of sp³-hybridized carbons (Fsp3) is 0.357. The smallest absolute Gasteiger partial charge is 0.305 e. The number of aromatic amines is 1. The summed E-state index contributed by atoms with van der Waals surface area (Å²) in [7, 11) is 1.55. The number of imide groups is 1. The van der Waals surface area contributed by atoms with Gasteiger partial charge in [-0.3, -0.25) is 19.2 Å². The van der Waals surface area contributed by atoms with Crippen molar-refractivity contribution in [1.29, 1.82) is 0 Å². The number of carbonyl (C=O) groups is 3. The predicted octanol–water partition coefficient (Wildman–Crippen LogP) is 3.63. The Morgan fingerprint density at radius 1 is 1.00 bits per heavy atom. The Labute approximate surface area is 233 Å². The molecule has 1 aromatic heterocycles. The molecule has 2 fully saturated rings. The summed E-state index contributed by atoms with van der Waals surface area (Å²) in [6, 6.07) is 14.1. The molecule has 3 aliphatic heterocycles. The van der Waals surface area contributed by atoms with Gasteiger partial charge in [0, 0.05) is 23.9 Å². The maximum atomic E-state index is 13.9. The van der Waals surface area contributed by atoms with Crippen LogP contribution in [0.15, 0.2) is 58.4 Å². The van der Waals surface area contributed by atoms with Gasteiger partial charge in [0.15, 0.2) is 6.61 Å². The van der Waals surface area contributed by atoms with Gasteiger partial charge in [-0.15, -0.1) is 0 Å². The number of methoxy groups -OCH3 is 1. The summed E-state index contributed by atoms with van der Waals surface area (Å²) >= 11 is 2.29. The van der Waals surface area contributed by atoms with Crippen LogP contribution in [0.3, 0.4) is 0 Å². The first-order valence-corrected chi connectivity index (χ1v) is 14.6. The highest BCUT2D eigenvalue weighted by atomic mass is 32.2. The molecule has 202 valence electrons. The van der Waals surface area contributed by atoms with Crippen molar-refractivity contribution in [2.24, 2.45) is 5.92 Å². The number of fused-ring (bicyclic) bond motifs is 2. The fourth-order valence-corrected chi connectivity index (χ4v) is 8.05. The minimum atomic E-state index is -0.700. The number of thioether (sulfide) groups is 1. The monoisotopic (exact) mass is 565 g/mol. The summed E-state index contributed by atoms with van der Waals surface area (Å²) < 4.78 is 11.1. The van der Waals surface area contributed by atoms with Crippen LogP contribution in [-0.2, 0) is 14.4 Å². The molecule has 0 aliphatic carbocycles. The lowest BCUT2D eigenvalue weighted by Gasteiger charge is -2.30. The van der Waals surface area contributed by atoms with Crippen LogP contribution in [0.5, 0.6) is 11.5 Å². The first-order valence-electron chi connectivity index (χ1n) is 12.9. The molecule has 2 aromatic carbocycles. The number of H-pyrrole nitrogens is 1. The normalized spacial score (nSPS) is 22.4. The largest absolute Gasteiger partial charge is 0.497 e. The van der Waals surface area contributed by atoms with Gasteiger partial charge in [-0.05, 0) is 61.2 Å². The lowest BCUT2D eigenvalue weighted by Crippen LogP contribution is -2.38. The van der Waals surface area contributed by atoms with E-state index in [1.54, 1.807) is 37.4 Å². The SMILES string of the molecule is COc1ccc(N2C(=O)C3Sc4[nH]c(=O)sc4C(c4cccc(OCC(=O)N5CCCCC5)c4)C3C2=O)cc1. The number of thiazole rings is 1. The van der Waals surface area contributed by atoms with Crippen LogP contribution >= 0.6 is 23.1 Å². The first-order chi connectivity index (χ1) is 18.9. The van der Waals surface area contributed by atoms with E-state index in [1.807, 2.05) is 23.1 Å². The molecule has 3 unspecified atom stereocenters. The molecule has 2 saturated heterocycles. The van der Waals surface area contributed by atoms with Crippen molar-refractivity contribution in [2.75, 3.05) is 31.7 Å². The average Bonchev–Trinajstić information content (AvgIpc) is 3.46. The predicted molar refractivity (Wildman–Crippen MR) is 148 cm³/mol. The minimum absolute atomic E-state index is 0.0490. The second-order valence-electron chi connectivity index (χ2n) is 9.76. The number of nitrogens with zero attached hydrogens (tertiary/aromatic N) is 2. The van der Waals surface area contributed by atoms with Gasteiger partial charge in [0.1, 0.15) is 16.7 Å². The van der Waals surface area contributed by atoms with Gasteiger partial charge < -0.3 is 19.4 Å². The number of carbonyl (C=O) groups excluding carboxylic acids is 3. The number of piperidine rings is 1. The summed E-state index contributed by atoms with van der Waals surface area (Å²) in [4.78, 5) is 58.9. The van der Waals surface area contributed by atoms with Crippen molar-refractivity contribution >= 4 is 46.5 Å². The van der Waals surface area contributed by atoms with Gasteiger partial charge in [-0.1, -0.05) is 35.2 Å². The number of benzene rings is 2. The van der Waals surface area contributed by atoms with E-state index >= 15 is 0 Å². The topological polar surface area (TPSA) is 109 Å². The first kappa shape index (κ1) is 25.7. The van der Waals surface area contributed by atoms with Gasteiger partial charge in [0.25, 0.3) is 5.91 Å². The summed E-state index contributed by atoms with van der Waals surface area (Å²) in [5.74, 6) is -0.774. The van der Waals surface area contributed by atoms with E-state index in [9.17, 15) is 19.2 Å². The second kappa shape index (κ2) is 10.5. The van der Waals surface area contributed by atoms with Crippen molar-refractivity contribution < 1.29 is 23.9 Å². The van der Waals surface area contributed by atoms with Gasteiger partial charge in [-0.2, -0.15) is 0 Å². The Morgan fingerprint density at radius 2 is 1.77 bits per heavy atom. The Kier molecular flexibility index (Phi) is 6.94. The molecule has 0 radical (unpaired) electrons. The Hall–Kier alpha value is -3.57. The van der Waals surface area contributed by atoms with E-state index in [2.05, 4.69) is 4.98 Å². The molecule has 3 aromatic rings.